The minimum atomic E-state index is -4.46. The Kier molecular flexibility index (Phi) is 5.29. The van der Waals surface area contributed by atoms with Gasteiger partial charge in [0.25, 0.3) is 6.43 Å². The first kappa shape index (κ1) is 15.9. The second-order valence-electron chi connectivity index (χ2n) is 4.34. The van der Waals surface area contributed by atoms with Gasteiger partial charge in [-0.05, 0) is 43.1 Å². The molecule has 0 aliphatic carbocycles. The Hall–Kier alpha value is -1.17. The van der Waals surface area contributed by atoms with Crippen molar-refractivity contribution in [2.75, 3.05) is 6.54 Å². The Labute approximate surface area is 108 Å². The van der Waals surface area contributed by atoms with Crippen LogP contribution >= 0.6 is 0 Å². The average Bonchev–Trinajstić information content (AvgIpc) is 2.29. The molecule has 0 saturated heterocycles. The topological polar surface area (TPSA) is 12.0 Å². The second kappa shape index (κ2) is 6.32. The van der Waals surface area contributed by atoms with E-state index < -0.39 is 24.2 Å². The SMILES string of the molecule is CCCNC(c1ccc(C(F)(F)F)cc1C)C(F)F. The molecular weight excluding hydrogens is 265 g/mol. The van der Waals surface area contributed by atoms with Crippen LogP contribution in [0.1, 0.15) is 36.1 Å². The smallest absolute Gasteiger partial charge is 0.305 e. The zero-order chi connectivity index (χ0) is 14.6. The van der Waals surface area contributed by atoms with E-state index in [0.29, 0.717) is 13.0 Å². The van der Waals surface area contributed by atoms with Crippen LogP contribution in [-0.4, -0.2) is 13.0 Å². The molecule has 108 valence electrons. The van der Waals surface area contributed by atoms with Crippen LogP contribution in [0.2, 0.25) is 0 Å². The van der Waals surface area contributed by atoms with Crippen LogP contribution in [0.25, 0.3) is 0 Å². The maximum atomic E-state index is 12.9. The molecule has 19 heavy (non-hydrogen) atoms. The lowest BCUT2D eigenvalue weighted by molar-refractivity contribution is -0.137. The molecule has 0 radical (unpaired) electrons. The van der Waals surface area contributed by atoms with Crippen molar-refractivity contribution in [1.29, 1.82) is 0 Å². The number of hydrogen-bond acceptors (Lipinski definition) is 1. The quantitative estimate of drug-likeness (QED) is 0.793. The summed E-state index contributed by atoms with van der Waals surface area (Å²) >= 11 is 0. The summed E-state index contributed by atoms with van der Waals surface area (Å²) < 4.78 is 63.4. The summed E-state index contributed by atoms with van der Waals surface area (Å²) in [6.07, 6.45) is -6.45. The van der Waals surface area contributed by atoms with E-state index in [2.05, 4.69) is 5.32 Å². The molecule has 0 amide bonds. The highest BCUT2D eigenvalue weighted by molar-refractivity contribution is 5.35. The highest BCUT2D eigenvalue weighted by Crippen LogP contribution is 2.32. The molecule has 0 fully saturated rings. The predicted octanol–water partition coefficient (Wildman–Crippen LogP) is 4.32. The Bertz CT molecular complexity index is 414. The van der Waals surface area contributed by atoms with E-state index in [0.717, 1.165) is 18.2 Å². The molecule has 1 unspecified atom stereocenters. The van der Waals surface area contributed by atoms with Crippen molar-refractivity contribution in [2.45, 2.75) is 38.9 Å². The van der Waals surface area contributed by atoms with E-state index in [4.69, 9.17) is 0 Å². The molecule has 0 spiro atoms. The predicted molar refractivity (Wildman–Crippen MR) is 63.2 cm³/mol. The van der Waals surface area contributed by atoms with Gasteiger partial charge in [-0.3, -0.25) is 0 Å². The highest BCUT2D eigenvalue weighted by Gasteiger charge is 2.32. The molecule has 6 heteroatoms. The van der Waals surface area contributed by atoms with Crippen LogP contribution in [-0.2, 0) is 6.18 Å². The van der Waals surface area contributed by atoms with E-state index >= 15 is 0 Å². The van der Waals surface area contributed by atoms with Gasteiger partial charge in [0.2, 0.25) is 0 Å². The van der Waals surface area contributed by atoms with Gasteiger partial charge in [-0.15, -0.1) is 0 Å². The van der Waals surface area contributed by atoms with E-state index in [1.165, 1.54) is 6.92 Å². The second-order valence-corrected chi connectivity index (χ2v) is 4.34. The summed E-state index contributed by atoms with van der Waals surface area (Å²) in [5.41, 5.74) is -0.405. The maximum absolute atomic E-state index is 12.9. The molecule has 0 aliphatic heterocycles. The number of halogens is 5. The third-order valence-corrected chi connectivity index (χ3v) is 2.80. The lowest BCUT2D eigenvalue weighted by atomic mass is 9.98. The highest BCUT2D eigenvalue weighted by atomic mass is 19.4. The van der Waals surface area contributed by atoms with E-state index in [9.17, 15) is 22.0 Å². The van der Waals surface area contributed by atoms with Gasteiger partial charge in [0, 0.05) is 0 Å². The zero-order valence-corrected chi connectivity index (χ0v) is 10.7. The van der Waals surface area contributed by atoms with Crippen molar-refractivity contribution in [2.24, 2.45) is 0 Å². The Morgan fingerprint density at radius 1 is 1.21 bits per heavy atom. The number of hydrogen-bond donors (Lipinski definition) is 1. The van der Waals surface area contributed by atoms with Crippen molar-refractivity contribution in [3.63, 3.8) is 0 Å². The van der Waals surface area contributed by atoms with E-state index in [-0.39, 0.29) is 11.1 Å². The normalized spacial score (nSPS) is 13.9. The molecule has 1 N–H and O–H groups in total. The van der Waals surface area contributed by atoms with Crippen molar-refractivity contribution in [3.8, 4) is 0 Å². The van der Waals surface area contributed by atoms with Crippen molar-refractivity contribution < 1.29 is 22.0 Å². The molecule has 1 atom stereocenters. The van der Waals surface area contributed by atoms with Crippen LogP contribution in [0.15, 0.2) is 18.2 Å². The summed E-state index contributed by atoms with van der Waals surface area (Å²) in [6, 6.07) is 1.63. The van der Waals surface area contributed by atoms with Crippen LogP contribution < -0.4 is 5.32 Å². The number of aryl methyl sites for hydroxylation is 1. The molecule has 0 heterocycles. The fourth-order valence-corrected chi connectivity index (χ4v) is 1.84. The van der Waals surface area contributed by atoms with Crippen LogP contribution in [0.3, 0.4) is 0 Å². The first-order valence-corrected chi connectivity index (χ1v) is 5.96. The standard InChI is InChI=1S/C13H16F5N/c1-3-6-19-11(12(14)15)10-5-4-9(7-8(10)2)13(16,17)18/h4-5,7,11-12,19H,3,6H2,1-2H3. The van der Waals surface area contributed by atoms with E-state index in [1.807, 2.05) is 6.92 Å². The van der Waals surface area contributed by atoms with Gasteiger partial charge in [0.1, 0.15) is 0 Å². The Balaban J connectivity index is 3.05. The van der Waals surface area contributed by atoms with Gasteiger partial charge < -0.3 is 5.32 Å². The lowest BCUT2D eigenvalue weighted by Gasteiger charge is -2.21. The third kappa shape index (κ3) is 4.16. The van der Waals surface area contributed by atoms with Crippen LogP contribution in [0.5, 0.6) is 0 Å². The minimum absolute atomic E-state index is 0.205. The minimum Gasteiger partial charge on any atom is -0.305 e. The number of nitrogens with one attached hydrogen (secondary N) is 1. The van der Waals surface area contributed by atoms with Crippen molar-refractivity contribution in [3.05, 3.63) is 34.9 Å². The largest absolute Gasteiger partial charge is 0.416 e. The molecule has 0 aliphatic rings. The Morgan fingerprint density at radius 3 is 2.26 bits per heavy atom. The lowest BCUT2D eigenvalue weighted by Crippen LogP contribution is -2.28. The number of rotatable bonds is 5. The summed E-state index contributed by atoms with van der Waals surface area (Å²) in [5, 5.41) is 2.65. The summed E-state index contributed by atoms with van der Waals surface area (Å²) in [4.78, 5) is 0. The molecule has 0 saturated carbocycles. The number of alkyl halides is 5. The number of benzene rings is 1. The van der Waals surface area contributed by atoms with Crippen LogP contribution in [0, 0.1) is 6.92 Å². The summed E-state index contributed by atoms with van der Waals surface area (Å²) in [7, 11) is 0. The van der Waals surface area contributed by atoms with Crippen molar-refractivity contribution in [1.82, 2.24) is 5.32 Å². The van der Waals surface area contributed by atoms with Gasteiger partial charge in [-0.25, -0.2) is 8.78 Å². The average molecular weight is 281 g/mol. The fraction of sp³-hybridized carbons (Fsp3) is 0.538. The summed E-state index contributed by atoms with van der Waals surface area (Å²) in [5.74, 6) is 0. The Morgan fingerprint density at radius 2 is 1.84 bits per heavy atom. The van der Waals surface area contributed by atoms with E-state index in [1.54, 1.807) is 0 Å². The van der Waals surface area contributed by atoms with Gasteiger partial charge in [0.05, 0.1) is 11.6 Å². The fourth-order valence-electron chi connectivity index (χ4n) is 1.84. The van der Waals surface area contributed by atoms with Gasteiger partial charge in [-0.2, -0.15) is 13.2 Å². The van der Waals surface area contributed by atoms with Crippen molar-refractivity contribution >= 4 is 0 Å². The molecule has 0 aromatic heterocycles. The molecule has 0 bridgehead atoms. The third-order valence-electron chi connectivity index (χ3n) is 2.80. The maximum Gasteiger partial charge on any atom is 0.416 e. The van der Waals surface area contributed by atoms with Gasteiger partial charge >= 0.3 is 6.18 Å². The zero-order valence-electron chi connectivity index (χ0n) is 10.7. The monoisotopic (exact) mass is 281 g/mol. The first-order chi connectivity index (χ1) is 8.77. The molecule has 1 aromatic rings. The van der Waals surface area contributed by atoms with Crippen LogP contribution in [0.4, 0.5) is 22.0 Å². The van der Waals surface area contributed by atoms with Gasteiger partial charge in [-0.1, -0.05) is 13.0 Å². The summed E-state index contributed by atoms with van der Waals surface area (Å²) in [6.45, 7) is 3.62. The molecule has 1 rings (SSSR count). The molecule has 1 aromatic carbocycles. The van der Waals surface area contributed by atoms with Gasteiger partial charge in [0.15, 0.2) is 0 Å². The molecular formula is C13H16F5N. The first-order valence-electron chi connectivity index (χ1n) is 5.96. The molecule has 1 nitrogen and oxygen atoms in total.